The number of carbonyl (C=O) groups excluding carboxylic acids is 2. The van der Waals surface area contributed by atoms with Crippen LogP contribution in [0.25, 0.3) is 0 Å². The maximum Gasteiger partial charge on any atom is 0.253 e. The summed E-state index contributed by atoms with van der Waals surface area (Å²) in [5.74, 6) is -0.753. The fraction of sp³-hybridized carbons (Fsp3) is 0.222. The number of hydrogen-bond donors (Lipinski definition) is 2. The quantitative estimate of drug-likeness (QED) is 0.694. The number of hydrogen-bond acceptors (Lipinski definition) is 3. The highest BCUT2D eigenvalue weighted by atomic mass is 35.5. The summed E-state index contributed by atoms with van der Waals surface area (Å²) in [6, 6.07) is 9.71. The van der Waals surface area contributed by atoms with Crippen molar-refractivity contribution in [3.63, 3.8) is 0 Å². The third kappa shape index (κ3) is 5.62. The Morgan fingerprint density at radius 1 is 1.15 bits per heavy atom. The van der Waals surface area contributed by atoms with Crippen LogP contribution in [0, 0.1) is 5.82 Å². The molecule has 0 bridgehead atoms. The lowest BCUT2D eigenvalue weighted by atomic mass is 10.1. The molecule has 0 saturated heterocycles. The molecule has 26 heavy (non-hydrogen) atoms. The van der Waals surface area contributed by atoms with Gasteiger partial charge < -0.3 is 10.6 Å². The van der Waals surface area contributed by atoms with Gasteiger partial charge in [0.1, 0.15) is 11.9 Å². The molecule has 2 amide bonds. The Morgan fingerprint density at radius 2 is 1.88 bits per heavy atom. The average molecular weight is 415 g/mol. The van der Waals surface area contributed by atoms with Crippen molar-refractivity contribution < 1.29 is 14.0 Å². The van der Waals surface area contributed by atoms with Crippen molar-refractivity contribution in [1.82, 2.24) is 5.32 Å². The Balaban J connectivity index is 2.12. The lowest BCUT2D eigenvalue weighted by molar-refractivity contribution is -0.118. The number of carbonyl (C=O) groups is 2. The summed E-state index contributed by atoms with van der Waals surface area (Å²) in [7, 11) is 0. The fourth-order valence-corrected chi connectivity index (χ4v) is 3.06. The van der Waals surface area contributed by atoms with Crippen LogP contribution in [0.1, 0.15) is 16.8 Å². The van der Waals surface area contributed by atoms with Gasteiger partial charge in [-0.2, -0.15) is 11.8 Å². The minimum Gasteiger partial charge on any atom is -0.340 e. The Morgan fingerprint density at radius 3 is 2.54 bits per heavy atom. The van der Waals surface area contributed by atoms with E-state index >= 15 is 0 Å². The predicted molar refractivity (Wildman–Crippen MR) is 106 cm³/mol. The van der Waals surface area contributed by atoms with E-state index in [2.05, 4.69) is 10.6 Å². The summed E-state index contributed by atoms with van der Waals surface area (Å²) in [6.45, 7) is 0. The van der Waals surface area contributed by atoms with Crippen LogP contribution in [-0.4, -0.2) is 29.9 Å². The van der Waals surface area contributed by atoms with E-state index < -0.39 is 23.7 Å². The highest BCUT2D eigenvalue weighted by molar-refractivity contribution is 7.98. The second kappa shape index (κ2) is 9.80. The fourth-order valence-electron chi connectivity index (χ4n) is 2.19. The predicted octanol–water partition coefficient (Wildman–Crippen LogP) is 4.62. The van der Waals surface area contributed by atoms with E-state index in [4.69, 9.17) is 23.2 Å². The van der Waals surface area contributed by atoms with E-state index in [9.17, 15) is 14.0 Å². The van der Waals surface area contributed by atoms with Crippen LogP contribution in [0.4, 0.5) is 10.1 Å². The standard InChI is InChI=1S/C18H17Cl2FN2O2S/c1-26-9-8-16(23-17(24)12-4-2-3-5-13(12)19)18(25)22-11-6-7-15(21)14(20)10-11/h2-7,10,16H,8-9H2,1H3,(H,22,25)(H,23,24)/t16-/m1/s1. The number of anilines is 1. The zero-order valence-electron chi connectivity index (χ0n) is 13.9. The van der Waals surface area contributed by atoms with E-state index in [0.717, 1.165) is 6.07 Å². The zero-order valence-corrected chi connectivity index (χ0v) is 16.2. The first-order chi connectivity index (χ1) is 12.4. The number of rotatable bonds is 7. The Bertz CT molecular complexity index is 805. The molecule has 0 aliphatic carbocycles. The van der Waals surface area contributed by atoms with Gasteiger partial charge in [-0.3, -0.25) is 9.59 Å². The van der Waals surface area contributed by atoms with Gasteiger partial charge >= 0.3 is 0 Å². The molecular formula is C18H17Cl2FN2O2S. The van der Waals surface area contributed by atoms with Gasteiger partial charge in [-0.1, -0.05) is 35.3 Å². The third-order valence-corrected chi connectivity index (χ3v) is 4.80. The van der Waals surface area contributed by atoms with E-state index in [0.29, 0.717) is 28.4 Å². The van der Waals surface area contributed by atoms with Crippen LogP contribution >= 0.6 is 35.0 Å². The van der Waals surface area contributed by atoms with Crippen molar-refractivity contribution in [3.05, 3.63) is 63.9 Å². The molecule has 138 valence electrons. The summed E-state index contributed by atoms with van der Waals surface area (Å²) >= 11 is 13.3. The molecule has 8 heteroatoms. The average Bonchev–Trinajstić information content (AvgIpc) is 2.61. The summed E-state index contributed by atoms with van der Waals surface area (Å²) < 4.78 is 13.2. The molecule has 0 radical (unpaired) electrons. The molecule has 2 aromatic carbocycles. The van der Waals surface area contributed by atoms with Crippen molar-refractivity contribution >= 4 is 52.5 Å². The molecule has 2 aromatic rings. The number of benzene rings is 2. The molecule has 0 spiro atoms. The molecule has 0 aliphatic heterocycles. The molecule has 0 fully saturated rings. The van der Waals surface area contributed by atoms with Crippen LogP contribution in [0.5, 0.6) is 0 Å². The monoisotopic (exact) mass is 414 g/mol. The molecule has 0 unspecified atom stereocenters. The summed E-state index contributed by atoms with van der Waals surface area (Å²) in [6.07, 6.45) is 2.34. The van der Waals surface area contributed by atoms with Crippen LogP contribution in [0.3, 0.4) is 0 Å². The van der Waals surface area contributed by atoms with Crippen molar-refractivity contribution in [2.24, 2.45) is 0 Å². The van der Waals surface area contributed by atoms with Gasteiger partial charge in [0.15, 0.2) is 0 Å². The topological polar surface area (TPSA) is 58.2 Å². The molecular weight excluding hydrogens is 398 g/mol. The van der Waals surface area contributed by atoms with Crippen molar-refractivity contribution in [3.8, 4) is 0 Å². The maximum atomic E-state index is 13.2. The number of thioether (sulfide) groups is 1. The lowest BCUT2D eigenvalue weighted by Crippen LogP contribution is -2.44. The van der Waals surface area contributed by atoms with E-state index in [1.54, 1.807) is 36.0 Å². The van der Waals surface area contributed by atoms with Crippen LogP contribution in [0.15, 0.2) is 42.5 Å². The first kappa shape index (κ1) is 20.6. The van der Waals surface area contributed by atoms with Crippen LogP contribution in [0.2, 0.25) is 10.0 Å². The van der Waals surface area contributed by atoms with Gasteiger partial charge in [-0.25, -0.2) is 4.39 Å². The normalized spacial score (nSPS) is 11.7. The van der Waals surface area contributed by atoms with E-state index in [1.807, 2.05) is 6.26 Å². The molecule has 4 nitrogen and oxygen atoms in total. The van der Waals surface area contributed by atoms with Gasteiger partial charge in [0.25, 0.3) is 5.91 Å². The van der Waals surface area contributed by atoms with Gasteiger partial charge in [0.05, 0.1) is 15.6 Å². The van der Waals surface area contributed by atoms with Crippen molar-refractivity contribution in [2.45, 2.75) is 12.5 Å². The SMILES string of the molecule is CSCC[C@@H](NC(=O)c1ccccc1Cl)C(=O)Nc1ccc(F)c(Cl)c1. The third-order valence-electron chi connectivity index (χ3n) is 3.54. The minimum absolute atomic E-state index is 0.0939. The summed E-state index contributed by atoms with van der Waals surface area (Å²) in [5, 5.41) is 5.55. The van der Waals surface area contributed by atoms with Crippen molar-refractivity contribution in [1.29, 1.82) is 0 Å². The summed E-state index contributed by atoms with van der Waals surface area (Å²) in [5.41, 5.74) is 0.642. The molecule has 2 rings (SSSR count). The van der Waals surface area contributed by atoms with Gasteiger partial charge in [0.2, 0.25) is 5.91 Å². The molecule has 0 heterocycles. The van der Waals surface area contributed by atoms with Gasteiger partial charge in [-0.05, 0) is 48.8 Å². The lowest BCUT2D eigenvalue weighted by Gasteiger charge is -2.18. The van der Waals surface area contributed by atoms with E-state index in [-0.39, 0.29) is 5.02 Å². The van der Waals surface area contributed by atoms with E-state index in [1.165, 1.54) is 12.1 Å². The molecule has 0 saturated carbocycles. The summed E-state index contributed by atoms with van der Waals surface area (Å²) in [4.78, 5) is 25.0. The smallest absolute Gasteiger partial charge is 0.253 e. The zero-order chi connectivity index (χ0) is 19.1. The second-order valence-electron chi connectivity index (χ2n) is 5.41. The van der Waals surface area contributed by atoms with Gasteiger partial charge in [-0.15, -0.1) is 0 Å². The molecule has 0 aliphatic rings. The number of nitrogens with one attached hydrogen (secondary N) is 2. The van der Waals surface area contributed by atoms with Crippen LogP contribution < -0.4 is 10.6 Å². The Labute approximate surface area is 165 Å². The van der Waals surface area contributed by atoms with Crippen molar-refractivity contribution in [2.75, 3.05) is 17.3 Å². The number of halogens is 3. The second-order valence-corrected chi connectivity index (χ2v) is 7.21. The Hall–Kier alpha value is -1.76. The van der Waals surface area contributed by atoms with Gasteiger partial charge in [0, 0.05) is 5.69 Å². The van der Waals surface area contributed by atoms with Crippen LogP contribution in [-0.2, 0) is 4.79 Å². The highest BCUT2D eigenvalue weighted by Gasteiger charge is 2.22. The number of amides is 2. The molecule has 0 aromatic heterocycles. The maximum absolute atomic E-state index is 13.2. The largest absolute Gasteiger partial charge is 0.340 e. The molecule has 1 atom stereocenters. The minimum atomic E-state index is -0.768. The highest BCUT2D eigenvalue weighted by Crippen LogP contribution is 2.20. The Kier molecular flexibility index (Phi) is 7.75. The first-order valence-electron chi connectivity index (χ1n) is 7.72. The molecule has 2 N–H and O–H groups in total. The first-order valence-corrected chi connectivity index (χ1v) is 9.87.